The molecule has 0 aliphatic carbocycles. The second kappa shape index (κ2) is 7.06. The molecular formula is C15H24N2OS. The first-order valence-corrected chi connectivity index (χ1v) is 8.16. The minimum absolute atomic E-state index is 0.239. The zero-order chi connectivity index (χ0) is 13.7. The third kappa shape index (κ3) is 3.80. The van der Waals surface area contributed by atoms with Crippen LogP contribution in [0.2, 0.25) is 0 Å². The summed E-state index contributed by atoms with van der Waals surface area (Å²) in [4.78, 5) is 15.6. The molecule has 1 amide bonds. The van der Waals surface area contributed by atoms with E-state index >= 15 is 0 Å². The van der Waals surface area contributed by atoms with Crippen LogP contribution in [0.5, 0.6) is 0 Å². The Labute approximate surface area is 120 Å². The predicted molar refractivity (Wildman–Crippen MR) is 80.4 cm³/mol. The summed E-state index contributed by atoms with van der Waals surface area (Å²) in [5.41, 5.74) is 1.34. The SMILES string of the molecule is CCC(CC)CNCC(=O)N1CCc2sccc2C1. The quantitative estimate of drug-likeness (QED) is 0.869. The van der Waals surface area contributed by atoms with Gasteiger partial charge in [-0.1, -0.05) is 26.7 Å². The number of carbonyl (C=O) groups is 1. The highest BCUT2D eigenvalue weighted by Gasteiger charge is 2.21. The lowest BCUT2D eigenvalue weighted by molar-refractivity contribution is -0.131. The fraction of sp³-hybridized carbons (Fsp3) is 0.667. The smallest absolute Gasteiger partial charge is 0.236 e. The number of thiophene rings is 1. The molecule has 0 aromatic carbocycles. The number of amides is 1. The van der Waals surface area contributed by atoms with Gasteiger partial charge in [0.2, 0.25) is 5.91 Å². The van der Waals surface area contributed by atoms with Crippen molar-refractivity contribution >= 4 is 17.2 Å². The summed E-state index contributed by atoms with van der Waals surface area (Å²) in [7, 11) is 0. The van der Waals surface area contributed by atoms with Crippen molar-refractivity contribution in [2.24, 2.45) is 5.92 Å². The van der Waals surface area contributed by atoms with Gasteiger partial charge in [-0.25, -0.2) is 0 Å². The van der Waals surface area contributed by atoms with Crippen LogP contribution in [-0.4, -0.2) is 30.4 Å². The molecule has 106 valence electrons. The van der Waals surface area contributed by atoms with Crippen LogP contribution in [-0.2, 0) is 17.8 Å². The predicted octanol–water partition coefficient (Wildman–Crippen LogP) is 2.66. The Kier molecular flexibility index (Phi) is 5.40. The molecule has 2 rings (SSSR count). The van der Waals surface area contributed by atoms with E-state index in [-0.39, 0.29) is 5.91 Å². The van der Waals surface area contributed by atoms with Gasteiger partial charge in [-0.2, -0.15) is 0 Å². The molecule has 1 aromatic rings. The molecule has 0 unspecified atom stereocenters. The van der Waals surface area contributed by atoms with Gasteiger partial charge in [0.1, 0.15) is 0 Å². The molecular weight excluding hydrogens is 256 g/mol. The molecule has 0 fully saturated rings. The summed E-state index contributed by atoms with van der Waals surface area (Å²) in [6.45, 7) is 7.52. The van der Waals surface area contributed by atoms with Gasteiger partial charge in [-0.3, -0.25) is 4.79 Å². The van der Waals surface area contributed by atoms with Gasteiger partial charge in [0, 0.05) is 18.0 Å². The second-order valence-corrected chi connectivity index (χ2v) is 6.25. The largest absolute Gasteiger partial charge is 0.337 e. The Morgan fingerprint density at radius 2 is 2.26 bits per heavy atom. The number of rotatable bonds is 6. The molecule has 4 heteroatoms. The molecule has 2 heterocycles. The fourth-order valence-corrected chi connectivity index (χ4v) is 3.42. The maximum Gasteiger partial charge on any atom is 0.236 e. The van der Waals surface area contributed by atoms with E-state index in [0.717, 1.165) is 26.1 Å². The Bertz CT molecular complexity index is 412. The average molecular weight is 280 g/mol. The van der Waals surface area contributed by atoms with E-state index < -0.39 is 0 Å². The number of nitrogens with one attached hydrogen (secondary N) is 1. The monoisotopic (exact) mass is 280 g/mol. The van der Waals surface area contributed by atoms with Gasteiger partial charge >= 0.3 is 0 Å². The van der Waals surface area contributed by atoms with Crippen LogP contribution in [0.25, 0.3) is 0 Å². The van der Waals surface area contributed by atoms with Crippen molar-refractivity contribution in [1.82, 2.24) is 10.2 Å². The maximum atomic E-state index is 12.2. The van der Waals surface area contributed by atoms with Crippen molar-refractivity contribution in [3.8, 4) is 0 Å². The highest BCUT2D eigenvalue weighted by Crippen LogP contribution is 2.23. The number of hydrogen-bond acceptors (Lipinski definition) is 3. The molecule has 0 bridgehead atoms. The van der Waals surface area contributed by atoms with Crippen molar-refractivity contribution in [2.45, 2.75) is 39.7 Å². The van der Waals surface area contributed by atoms with E-state index in [1.807, 2.05) is 16.2 Å². The van der Waals surface area contributed by atoms with Crippen LogP contribution in [0.3, 0.4) is 0 Å². The lowest BCUT2D eigenvalue weighted by Crippen LogP contribution is -2.41. The lowest BCUT2D eigenvalue weighted by Gasteiger charge is -2.27. The van der Waals surface area contributed by atoms with Crippen molar-refractivity contribution in [3.05, 3.63) is 21.9 Å². The second-order valence-electron chi connectivity index (χ2n) is 5.25. The normalized spacial score (nSPS) is 14.8. The highest BCUT2D eigenvalue weighted by molar-refractivity contribution is 7.10. The third-order valence-corrected chi connectivity index (χ3v) is 5.05. The standard InChI is InChI=1S/C15H24N2OS/c1-3-12(4-2)9-16-10-15(18)17-7-5-14-13(11-17)6-8-19-14/h6,8,12,16H,3-5,7,9-11H2,1-2H3. The van der Waals surface area contributed by atoms with Crippen LogP contribution in [0.4, 0.5) is 0 Å². The summed E-state index contributed by atoms with van der Waals surface area (Å²) >= 11 is 1.81. The minimum atomic E-state index is 0.239. The highest BCUT2D eigenvalue weighted by atomic mass is 32.1. The molecule has 1 aliphatic heterocycles. The van der Waals surface area contributed by atoms with Gasteiger partial charge in [0.25, 0.3) is 0 Å². The van der Waals surface area contributed by atoms with E-state index in [9.17, 15) is 4.79 Å². The Morgan fingerprint density at radius 3 is 3.00 bits per heavy atom. The van der Waals surface area contributed by atoms with E-state index in [1.54, 1.807) is 0 Å². The van der Waals surface area contributed by atoms with E-state index in [0.29, 0.717) is 12.5 Å². The van der Waals surface area contributed by atoms with Crippen molar-refractivity contribution in [3.63, 3.8) is 0 Å². The number of carbonyl (C=O) groups excluding carboxylic acids is 1. The summed E-state index contributed by atoms with van der Waals surface area (Å²) in [6.07, 6.45) is 3.38. The molecule has 0 atom stereocenters. The van der Waals surface area contributed by atoms with Crippen LogP contribution < -0.4 is 5.32 Å². The van der Waals surface area contributed by atoms with Crippen LogP contribution >= 0.6 is 11.3 Å². The van der Waals surface area contributed by atoms with Crippen LogP contribution in [0.15, 0.2) is 11.4 Å². The van der Waals surface area contributed by atoms with Crippen molar-refractivity contribution < 1.29 is 4.79 Å². The number of nitrogens with zero attached hydrogens (tertiary/aromatic N) is 1. The summed E-state index contributed by atoms with van der Waals surface area (Å²) < 4.78 is 0. The molecule has 0 saturated carbocycles. The molecule has 0 spiro atoms. The number of hydrogen-bond donors (Lipinski definition) is 1. The van der Waals surface area contributed by atoms with E-state index in [1.165, 1.54) is 23.3 Å². The van der Waals surface area contributed by atoms with Gasteiger partial charge in [0.05, 0.1) is 6.54 Å². The Morgan fingerprint density at radius 1 is 1.47 bits per heavy atom. The Hall–Kier alpha value is -0.870. The zero-order valence-electron chi connectivity index (χ0n) is 11.9. The molecule has 1 aromatic heterocycles. The first-order valence-electron chi connectivity index (χ1n) is 7.28. The molecule has 0 radical (unpaired) electrons. The molecule has 1 aliphatic rings. The first-order chi connectivity index (χ1) is 9.24. The van der Waals surface area contributed by atoms with Crippen molar-refractivity contribution in [2.75, 3.05) is 19.6 Å². The number of fused-ring (bicyclic) bond motifs is 1. The third-order valence-electron chi connectivity index (χ3n) is 4.02. The van der Waals surface area contributed by atoms with E-state index in [2.05, 4.69) is 30.6 Å². The topological polar surface area (TPSA) is 32.3 Å². The van der Waals surface area contributed by atoms with Gasteiger partial charge in [-0.15, -0.1) is 11.3 Å². The maximum absolute atomic E-state index is 12.2. The molecule has 0 saturated heterocycles. The molecule has 19 heavy (non-hydrogen) atoms. The zero-order valence-corrected chi connectivity index (χ0v) is 12.8. The first kappa shape index (κ1) is 14.5. The van der Waals surface area contributed by atoms with Crippen molar-refractivity contribution in [1.29, 1.82) is 0 Å². The average Bonchev–Trinajstić information content (AvgIpc) is 2.90. The van der Waals surface area contributed by atoms with Gasteiger partial charge in [-0.05, 0) is 35.9 Å². The van der Waals surface area contributed by atoms with Crippen LogP contribution in [0.1, 0.15) is 37.1 Å². The molecule has 3 nitrogen and oxygen atoms in total. The minimum Gasteiger partial charge on any atom is -0.337 e. The summed E-state index contributed by atoms with van der Waals surface area (Å²) in [5, 5.41) is 5.44. The van der Waals surface area contributed by atoms with E-state index in [4.69, 9.17) is 0 Å². The van der Waals surface area contributed by atoms with Gasteiger partial charge in [0.15, 0.2) is 0 Å². The van der Waals surface area contributed by atoms with Gasteiger partial charge < -0.3 is 10.2 Å². The lowest BCUT2D eigenvalue weighted by atomic mass is 10.0. The molecule has 1 N–H and O–H groups in total. The summed E-state index contributed by atoms with van der Waals surface area (Å²) in [6, 6.07) is 2.15. The van der Waals surface area contributed by atoms with Crippen LogP contribution in [0, 0.1) is 5.92 Å². The Balaban J connectivity index is 1.75. The summed E-state index contributed by atoms with van der Waals surface area (Å²) in [5.74, 6) is 0.931. The fourth-order valence-electron chi connectivity index (χ4n) is 2.53.